The van der Waals surface area contributed by atoms with Gasteiger partial charge in [0.25, 0.3) is 5.91 Å². The van der Waals surface area contributed by atoms with E-state index in [0.29, 0.717) is 12.6 Å². The second-order valence-electron chi connectivity index (χ2n) is 8.84. The van der Waals surface area contributed by atoms with E-state index in [1.54, 1.807) is 6.20 Å². The Morgan fingerprint density at radius 2 is 2.03 bits per heavy atom. The zero-order valence-corrected chi connectivity index (χ0v) is 17.4. The number of nitrogens with zero attached hydrogens (tertiary/aromatic N) is 5. The molecule has 0 bridgehead atoms. The normalized spacial score (nSPS) is 20.3. The Labute approximate surface area is 181 Å². The van der Waals surface area contributed by atoms with Gasteiger partial charge in [-0.15, -0.1) is 0 Å². The number of hydrogen-bond acceptors (Lipinski definition) is 4. The van der Waals surface area contributed by atoms with Gasteiger partial charge >= 0.3 is 0 Å². The molecule has 0 saturated heterocycles. The van der Waals surface area contributed by atoms with Crippen molar-refractivity contribution in [3.8, 4) is 0 Å². The summed E-state index contributed by atoms with van der Waals surface area (Å²) in [7, 11) is 0. The van der Waals surface area contributed by atoms with Gasteiger partial charge in [0.2, 0.25) is 0 Å². The maximum absolute atomic E-state index is 13.8. The lowest BCUT2D eigenvalue weighted by Crippen LogP contribution is -2.43. The molecule has 6 heteroatoms. The Morgan fingerprint density at radius 1 is 1.10 bits per heavy atom. The molecular formula is C25H25N5O. The number of aliphatic imine (C=N–C) groups is 1. The lowest BCUT2D eigenvalue weighted by Gasteiger charge is -2.35. The molecule has 3 aliphatic rings. The zero-order valence-electron chi connectivity index (χ0n) is 17.4. The van der Waals surface area contributed by atoms with E-state index in [2.05, 4.69) is 20.0 Å². The van der Waals surface area contributed by atoms with Crippen molar-refractivity contribution < 1.29 is 4.79 Å². The molecule has 31 heavy (non-hydrogen) atoms. The van der Waals surface area contributed by atoms with Crippen molar-refractivity contribution >= 4 is 23.0 Å². The molecule has 3 heterocycles. The fourth-order valence-electron chi connectivity index (χ4n) is 5.03. The van der Waals surface area contributed by atoms with Gasteiger partial charge in [-0.3, -0.25) is 19.5 Å². The maximum atomic E-state index is 13.8. The van der Waals surface area contributed by atoms with E-state index in [0.717, 1.165) is 60.7 Å². The molecule has 1 aliphatic heterocycles. The van der Waals surface area contributed by atoms with Crippen LogP contribution in [0.1, 0.15) is 48.0 Å². The summed E-state index contributed by atoms with van der Waals surface area (Å²) in [5, 5.41) is 5.53. The van der Waals surface area contributed by atoms with E-state index in [1.807, 2.05) is 53.6 Å². The van der Waals surface area contributed by atoms with Gasteiger partial charge in [-0.05, 0) is 67.0 Å². The Morgan fingerprint density at radius 3 is 2.87 bits per heavy atom. The predicted molar refractivity (Wildman–Crippen MR) is 120 cm³/mol. The van der Waals surface area contributed by atoms with E-state index in [-0.39, 0.29) is 11.9 Å². The summed E-state index contributed by atoms with van der Waals surface area (Å²) in [6.07, 6.45) is 12.8. The number of pyridine rings is 1. The van der Waals surface area contributed by atoms with Gasteiger partial charge in [0.15, 0.2) is 0 Å². The number of carbonyl (C=O) groups is 1. The second kappa shape index (κ2) is 7.45. The van der Waals surface area contributed by atoms with Gasteiger partial charge in [0, 0.05) is 36.1 Å². The van der Waals surface area contributed by atoms with E-state index in [9.17, 15) is 4.79 Å². The average molecular weight is 412 g/mol. The molecule has 156 valence electrons. The molecule has 2 aliphatic carbocycles. The van der Waals surface area contributed by atoms with Gasteiger partial charge in [0.05, 0.1) is 30.4 Å². The predicted octanol–water partition coefficient (Wildman–Crippen LogP) is 4.02. The van der Waals surface area contributed by atoms with Crippen molar-refractivity contribution in [1.82, 2.24) is 19.7 Å². The maximum Gasteiger partial charge on any atom is 0.255 e. The van der Waals surface area contributed by atoms with Gasteiger partial charge < -0.3 is 4.90 Å². The molecule has 6 rings (SSSR count). The minimum Gasteiger partial charge on any atom is -0.332 e. The van der Waals surface area contributed by atoms with Gasteiger partial charge in [-0.1, -0.05) is 12.1 Å². The summed E-state index contributed by atoms with van der Waals surface area (Å²) in [6, 6.07) is 10.6. The summed E-state index contributed by atoms with van der Waals surface area (Å²) in [5.74, 6) is 0.151. The summed E-state index contributed by atoms with van der Waals surface area (Å²) >= 11 is 0. The van der Waals surface area contributed by atoms with E-state index in [4.69, 9.17) is 0 Å². The fourth-order valence-corrected chi connectivity index (χ4v) is 5.03. The Bertz CT molecular complexity index is 1210. The summed E-state index contributed by atoms with van der Waals surface area (Å²) in [6.45, 7) is 1.50. The Balaban J connectivity index is 1.32. The highest BCUT2D eigenvalue weighted by atomic mass is 16.2. The molecular weight excluding hydrogens is 386 g/mol. The highest BCUT2D eigenvalue weighted by Crippen LogP contribution is 2.38. The van der Waals surface area contributed by atoms with Crippen LogP contribution in [0.25, 0.3) is 10.9 Å². The minimum absolute atomic E-state index is 0.151. The molecule has 1 fully saturated rings. The fraction of sp³-hybridized carbons (Fsp3) is 0.360. The zero-order chi connectivity index (χ0) is 20.8. The number of benzene rings is 1. The van der Waals surface area contributed by atoms with Crippen LogP contribution in [0, 0.1) is 0 Å². The monoisotopic (exact) mass is 411 g/mol. The van der Waals surface area contributed by atoms with Crippen LogP contribution in [-0.4, -0.2) is 50.4 Å². The van der Waals surface area contributed by atoms with Crippen molar-refractivity contribution in [1.29, 1.82) is 0 Å². The first-order valence-electron chi connectivity index (χ1n) is 11.1. The molecule has 6 nitrogen and oxygen atoms in total. The molecule has 1 amide bonds. The summed E-state index contributed by atoms with van der Waals surface area (Å²) in [4.78, 5) is 24.7. The van der Waals surface area contributed by atoms with Crippen molar-refractivity contribution in [2.75, 3.05) is 6.54 Å². The third kappa shape index (κ3) is 3.36. The standard InChI is InChI=1S/C25H25N5O/c31-25(30(20-8-9-20)21-7-6-18-13-27-14-19(18)11-21)22-4-1-5-24-23(22)15-28-29(24)16-17-3-2-10-26-12-17/h1-5,10,12,14-15,20-21H,6-9,11,13,16H2. The van der Waals surface area contributed by atoms with Crippen LogP contribution in [0.3, 0.4) is 0 Å². The molecule has 0 N–H and O–H groups in total. The first-order valence-corrected chi connectivity index (χ1v) is 11.1. The smallest absolute Gasteiger partial charge is 0.255 e. The van der Waals surface area contributed by atoms with Crippen LogP contribution in [0.2, 0.25) is 0 Å². The Hall–Kier alpha value is -3.28. The van der Waals surface area contributed by atoms with Crippen LogP contribution in [0.4, 0.5) is 0 Å². The number of hydrogen-bond donors (Lipinski definition) is 0. The largest absolute Gasteiger partial charge is 0.332 e. The molecule has 1 atom stereocenters. The molecule has 3 aromatic rings. The van der Waals surface area contributed by atoms with Crippen LogP contribution in [0.5, 0.6) is 0 Å². The van der Waals surface area contributed by atoms with Crippen LogP contribution in [0.15, 0.2) is 65.1 Å². The third-order valence-corrected chi connectivity index (χ3v) is 6.76. The van der Waals surface area contributed by atoms with E-state index >= 15 is 0 Å². The van der Waals surface area contributed by atoms with Gasteiger partial charge in [-0.25, -0.2) is 0 Å². The number of carbonyl (C=O) groups excluding carboxylic acids is 1. The Kier molecular flexibility index (Phi) is 4.44. The number of rotatable bonds is 5. The average Bonchev–Trinajstić information content (AvgIpc) is 3.37. The lowest BCUT2D eigenvalue weighted by molar-refractivity contribution is 0.0647. The van der Waals surface area contributed by atoms with Crippen LogP contribution >= 0.6 is 0 Å². The molecule has 0 spiro atoms. The molecule has 1 unspecified atom stereocenters. The van der Waals surface area contributed by atoms with Crippen LogP contribution in [-0.2, 0) is 6.54 Å². The molecule has 1 aromatic carbocycles. The number of fused-ring (bicyclic) bond motifs is 1. The molecule has 1 saturated carbocycles. The summed E-state index contributed by atoms with van der Waals surface area (Å²) in [5.41, 5.74) is 5.67. The lowest BCUT2D eigenvalue weighted by atomic mass is 9.88. The molecule has 2 aromatic heterocycles. The first-order chi connectivity index (χ1) is 15.3. The van der Waals surface area contributed by atoms with Crippen molar-refractivity contribution in [2.45, 2.75) is 50.7 Å². The van der Waals surface area contributed by atoms with E-state index in [1.165, 1.54) is 11.1 Å². The van der Waals surface area contributed by atoms with Gasteiger partial charge in [0.1, 0.15) is 0 Å². The topological polar surface area (TPSA) is 63.4 Å². The van der Waals surface area contributed by atoms with Gasteiger partial charge in [-0.2, -0.15) is 5.10 Å². The van der Waals surface area contributed by atoms with Crippen molar-refractivity contribution in [2.24, 2.45) is 4.99 Å². The highest BCUT2D eigenvalue weighted by molar-refractivity contribution is 6.06. The third-order valence-electron chi connectivity index (χ3n) is 6.76. The number of aromatic nitrogens is 3. The van der Waals surface area contributed by atoms with Crippen molar-refractivity contribution in [3.63, 3.8) is 0 Å². The molecule has 0 radical (unpaired) electrons. The SMILES string of the molecule is O=C(c1cccc2c1cnn2Cc1cccnc1)N(C1CC1)C1CCC2=C(C=NC2)C1. The summed E-state index contributed by atoms with van der Waals surface area (Å²) < 4.78 is 1.96. The minimum atomic E-state index is 0.151. The van der Waals surface area contributed by atoms with Crippen LogP contribution < -0.4 is 0 Å². The second-order valence-corrected chi connectivity index (χ2v) is 8.84. The quantitative estimate of drug-likeness (QED) is 0.637. The first kappa shape index (κ1) is 18.5. The highest BCUT2D eigenvalue weighted by Gasteiger charge is 2.40. The van der Waals surface area contributed by atoms with E-state index < -0.39 is 0 Å². The number of amides is 1. The van der Waals surface area contributed by atoms with Crippen molar-refractivity contribution in [3.05, 3.63) is 71.2 Å².